The van der Waals surface area contributed by atoms with Crippen molar-refractivity contribution in [2.75, 3.05) is 40.9 Å². The van der Waals surface area contributed by atoms with Crippen molar-refractivity contribution < 1.29 is 19.5 Å². The van der Waals surface area contributed by atoms with Crippen molar-refractivity contribution >= 4 is 59.4 Å². The first-order valence-corrected chi connectivity index (χ1v) is 12.7. The third-order valence-electron chi connectivity index (χ3n) is 4.72. The van der Waals surface area contributed by atoms with Crippen molar-refractivity contribution in [1.29, 1.82) is 0 Å². The molecular formula is C23H28Br3N3O4. The van der Waals surface area contributed by atoms with Crippen molar-refractivity contribution in [2.24, 2.45) is 5.16 Å². The van der Waals surface area contributed by atoms with Crippen molar-refractivity contribution in [3.63, 3.8) is 0 Å². The number of oxime groups is 1. The SMILES string of the molecule is COc1ccc(C/C(=N/O)C(=O)NCCc2cc(Br)c(OCCCN(C)C)c(Br)c2)cc1Br. The second-order valence-electron chi connectivity index (χ2n) is 7.59. The summed E-state index contributed by atoms with van der Waals surface area (Å²) >= 11 is 10.6. The molecule has 10 heteroatoms. The number of nitrogens with zero attached hydrogens (tertiary/aromatic N) is 2. The molecule has 2 N–H and O–H groups in total. The number of amides is 1. The zero-order chi connectivity index (χ0) is 24.4. The molecule has 180 valence electrons. The molecular weight excluding hydrogens is 622 g/mol. The lowest BCUT2D eigenvalue weighted by Gasteiger charge is -2.14. The van der Waals surface area contributed by atoms with Gasteiger partial charge in [-0.2, -0.15) is 0 Å². The highest BCUT2D eigenvalue weighted by Gasteiger charge is 2.15. The summed E-state index contributed by atoms with van der Waals surface area (Å²) in [6, 6.07) is 9.40. The lowest BCUT2D eigenvalue weighted by Crippen LogP contribution is -2.33. The van der Waals surface area contributed by atoms with Gasteiger partial charge in [-0.05, 0) is 110 Å². The van der Waals surface area contributed by atoms with Crippen LogP contribution < -0.4 is 14.8 Å². The Balaban J connectivity index is 1.89. The highest BCUT2D eigenvalue weighted by atomic mass is 79.9. The Morgan fingerprint density at radius 1 is 1.09 bits per heavy atom. The zero-order valence-corrected chi connectivity index (χ0v) is 23.6. The topological polar surface area (TPSA) is 83.4 Å². The van der Waals surface area contributed by atoms with Gasteiger partial charge in [-0.3, -0.25) is 4.79 Å². The normalized spacial score (nSPS) is 11.5. The highest BCUT2D eigenvalue weighted by Crippen LogP contribution is 2.35. The lowest BCUT2D eigenvalue weighted by molar-refractivity contribution is -0.115. The molecule has 0 aliphatic heterocycles. The zero-order valence-electron chi connectivity index (χ0n) is 18.8. The van der Waals surface area contributed by atoms with Crippen LogP contribution in [0.4, 0.5) is 0 Å². The van der Waals surface area contributed by atoms with Gasteiger partial charge in [-0.25, -0.2) is 0 Å². The molecule has 0 spiro atoms. The molecule has 0 aliphatic rings. The summed E-state index contributed by atoms with van der Waals surface area (Å²) in [5.74, 6) is 1.04. The van der Waals surface area contributed by atoms with E-state index >= 15 is 0 Å². The van der Waals surface area contributed by atoms with Gasteiger partial charge in [0.15, 0.2) is 0 Å². The van der Waals surface area contributed by atoms with Crippen LogP contribution in [-0.4, -0.2) is 62.6 Å². The average Bonchev–Trinajstić information content (AvgIpc) is 2.76. The molecule has 0 saturated heterocycles. The largest absolute Gasteiger partial charge is 0.496 e. The number of ether oxygens (including phenoxy) is 2. The summed E-state index contributed by atoms with van der Waals surface area (Å²) in [6.45, 7) is 1.98. The molecule has 1 amide bonds. The van der Waals surface area contributed by atoms with Crippen molar-refractivity contribution in [3.8, 4) is 11.5 Å². The minimum atomic E-state index is -0.414. The highest BCUT2D eigenvalue weighted by molar-refractivity contribution is 9.11. The van der Waals surface area contributed by atoms with E-state index in [1.165, 1.54) is 0 Å². The third kappa shape index (κ3) is 8.92. The van der Waals surface area contributed by atoms with Gasteiger partial charge in [0.2, 0.25) is 0 Å². The Labute approximate surface area is 219 Å². The van der Waals surface area contributed by atoms with Crippen LogP contribution in [0.3, 0.4) is 0 Å². The van der Waals surface area contributed by atoms with E-state index in [0.29, 0.717) is 25.3 Å². The van der Waals surface area contributed by atoms with Crippen LogP contribution in [0, 0.1) is 0 Å². The van der Waals surface area contributed by atoms with Crippen LogP contribution in [0.2, 0.25) is 0 Å². The van der Waals surface area contributed by atoms with Gasteiger partial charge in [-0.15, -0.1) is 0 Å². The first kappa shape index (κ1) is 27.6. The van der Waals surface area contributed by atoms with E-state index in [2.05, 4.69) is 63.2 Å². The predicted octanol–water partition coefficient (Wildman–Crippen LogP) is 5.04. The molecule has 0 atom stereocenters. The molecule has 7 nitrogen and oxygen atoms in total. The van der Waals surface area contributed by atoms with Crippen LogP contribution in [-0.2, 0) is 17.6 Å². The Morgan fingerprint density at radius 2 is 1.76 bits per heavy atom. The van der Waals surface area contributed by atoms with Crippen LogP contribution in [0.15, 0.2) is 48.9 Å². The van der Waals surface area contributed by atoms with Crippen LogP contribution in [0.1, 0.15) is 17.5 Å². The predicted molar refractivity (Wildman–Crippen MR) is 141 cm³/mol. The van der Waals surface area contributed by atoms with Crippen LogP contribution in [0.5, 0.6) is 11.5 Å². The number of rotatable bonds is 12. The molecule has 0 heterocycles. The summed E-state index contributed by atoms with van der Waals surface area (Å²) < 4.78 is 13.6. The number of hydrogen-bond donors (Lipinski definition) is 2. The Bertz CT molecular complexity index is 960. The Kier molecular flexibility index (Phi) is 11.7. The number of benzene rings is 2. The molecule has 33 heavy (non-hydrogen) atoms. The molecule has 2 aromatic carbocycles. The minimum absolute atomic E-state index is 0.0379. The number of nitrogens with one attached hydrogen (secondary N) is 1. The van der Waals surface area contributed by atoms with E-state index in [0.717, 1.165) is 43.3 Å². The van der Waals surface area contributed by atoms with Crippen molar-refractivity contribution in [3.05, 3.63) is 54.9 Å². The van der Waals surface area contributed by atoms with E-state index in [4.69, 9.17) is 9.47 Å². The molecule has 0 saturated carbocycles. The van der Waals surface area contributed by atoms with E-state index in [1.54, 1.807) is 13.2 Å². The molecule has 0 unspecified atom stereocenters. The first-order valence-electron chi connectivity index (χ1n) is 10.3. The number of carbonyl (C=O) groups is 1. The summed E-state index contributed by atoms with van der Waals surface area (Å²) in [5.41, 5.74) is 1.88. The number of hydrogen-bond acceptors (Lipinski definition) is 6. The summed E-state index contributed by atoms with van der Waals surface area (Å²) in [5, 5.41) is 15.3. The van der Waals surface area contributed by atoms with Gasteiger partial charge in [0.05, 0.1) is 27.1 Å². The summed E-state index contributed by atoms with van der Waals surface area (Å²) in [4.78, 5) is 14.6. The quantitative estimate of drug-likeness (QED) is 0.146. The molecule has 0 radical (unpaired) electrons. The fourth-order valence-corrected chi connectivity index (χ4v) is 5.14. The monoisotopic (exact) mass is 647 g/mol. The molecule has 0 aliphatic carbocycles. The lowest BCUT2D eigenvalue weighted by atomic mass is 10.1. The maximum absolute atomic E-state index is 12.5. The van der Waals surface area contributed by atoms with Crippen LogP contribution in [0.25, 0.3) is 0 Å². The van der Waals surface area contributed by atoms with E-state index < -0.39 is 5.91 Å². The molecule has 0 fully saturated rings. The third-order valence-corrected chi connectivity index (χ3v) is 6.52. The molecule has 0 aromatic heterocycles. The number of carbonyl (C=O) groups excluding carboxylic acids is 1. The second-order valence-corrected chi connectivity index (χ2v) is 10.2. The summed E-state index contributed by atoms with van der Waals surface area (Å²) in [6.07, 6.45) is 1.74. The average molecular weight is 650 g/mol. The van der Waals surface area contributed by atoms with Crippen LogP contribution >= 0.6 is 47.8 Å². The van der Waals surface area contributed by atoms with Gasteiger partial charge >= 0.3 is 0 Å². The van der Waals surface area contributed by atoms with E-state index in [1.807, 2.05) is 38.4 Å². The molecule has 2 aromatic rings. The molecule has 2 rings (SSSR count). The van der Waals surface area contributed by atoms with Gasteiger partial charge in [0, 0.05) is 19.5 Å². The van der Waals surface area contributed by atoms with Gasteiger partial charge in [0.25, 0.3) is 5.91 Å². The Morgan fingerprint density at radius 3 is 2.33 bits per heavy atom. The van der Waals surface area contributed by atoms with Gasteiger partial charge in [-0.1, -0.05) is 11.2 Å². The fraction of sp³-hybridized carbons (Fsp3) is 0.391. The first-order chi connectivity index (χ1) is 15.7. The molecule has 0 bridgehead atoms. The maximum atomic E-state index is 12.5. The van der Waals surface area contributed by atoms with Crippen molar-refractivity contribution in [1.82, 2.24) is 10.2 Å². The van der Waals surface area contributed by atoms with E-state index in [9.17, 15) is 10.0 Å². The second kappa shape index (κ2) is 13.9. The minimum Gasteiger partial charge on any atom is -0.496 e. The number of methoxy groups -OCH3 is 1. The number of halogens is 3. The Hall–Kier alpha value is -1.62. The summed E-state index contributed by atoms with van der Waals surface area (Å²) in [7, 11) is 5.65. The standard InChI is InChI=1S/C23H28Br3N3O4/c1-29(2)9-4-10-33-22-18(25)12-16(13-19(22)26)7-8-27-23(30)20(28-31)14-15-5-6-21(32-3)17(24)11-15/h5-6,11-13,31H,4,7-10,14H2,1-3H3,(H,27,30)/b28-20-. The van der Waals surface area contributed by atoms with Crippen molar-refractivity contribution in [2.45, 2.75) is 19.3 Å². The van der Waals surface area contributed by atoms with Gasteiger partial charge < -0.3 is 24.9 Å². The van der Waals surface area contributed by atoms with E-state index in [-0.39, 0.29) is 12.1 Å². The van der Waals surface area contributed by atoms with Gasteiger partial charge in [0.1, 0.15) is 17.2 Å². The fourth-order valence-electron chi connectivity index (χ4n) is 3.05. The smallest absolute Gasteiger partial charge is 0.269 e. The maximum Gasteiger partial charge on any atom is 0.269 e.